The summed E-state index contributed by atoms with van der Waals surface area (Å²) in [5.41, 5.74) is 1.40. The molecule has 0 aromatic carbocycles. The molecule has 0 bridgehead atoms. The van der Waals surface area contributed by atoms with Crippen molar-refractivity contribution in [3.63, 3.8) is 0 Å². The van der Waals surface area contributed by atoms with Crippen LogP contribution in [0.25, 0.3) is 0 Å². The average Bonchev–Trinajstić information content (AvgIpc) is 2.82. The van der Waals surface area contributed by atoms with Crippen molar-refractivity contribution in [3.8, 4) is 0 Å². The van der Waals surface area contributed by atoms with E-state index < -0.39 is 0 Å². The van der Waals surface area contributed by atoms with Crippen molar-refractivity contribution in [1.82, 2.24) is 10.3 Å². The fraction of sp³-hybridized carbons (Fsp3) is 0.571. The molecule has 1 fully saturated rings. The molecule has 1 aromatic heterocycles. The summed E-state index contributed by atoms with van der Waals surface area (Å²) in [5.74, 6) is 1.37. The zero-order valence-corrected chi connectivity index (χ0v) is 11.1. The normalized spacial score (nSPS) is 22.8. The van der Waals surface area contributed by atoms with Gasteiger partial charge in [0.25, 0.3) is 5.91 Å². The summed E-state index contributed by atoms with van der Waals surface area (Å²) in [7, 11) is 1.83. The molecule has 2 unspecified atom stereocenters. The van der Waals surface area contributed by atoms with Gasteiger partial charge < -0.3 is 10.6 Å². The van der Waals surface area contributed by atoms with Gasteiger partial charge in [0.1, 0.15) is 5.69 Å². The molecule has 1 aliphatic rings. The molecule has 2 atom stereocenters. The number of hydrogen-bond acceptors (Lipinski definition) is 3. The quantitative estimate of drug-likeness (QED) is 0.858. The highest BCUT2D eigenvalue weighted by Crippen LogP contribution is 2.29. The maximum absolute atomic E-state index is 11.9. The molecule has 1 saturated carbocycles. The van der Waals surface area contributed by atoms with Crippen molar-refractivity contribution in [2.75, 3.05) is 18.9 Å². The van der Waals surface area contributed by atoms with Crippen LogP contribution in [0, 0.1) is 11.8 Å². The van der Waals surface area contributed by atoms with Crippen LogP contribution in [0.1, 0.15) is 36.7 Å². The topological polar surface area (TPSA) is 54.0 Å². The molecule has 1 heterocycles. The Morgan fingerprint density at radius 3 is 2.83 bits per heavy atom. The van der Waals surface area contributed by atoms with Crippen LogP contribution in [-0.4, -0.2) is 24.5 Å². The Morgan fingerprint density at radius 1 is 1.44 bits per heavy atom. The van der Waals surface area contributed by atoms with Gasteiger partial charge in [-0.05, 0) is 36.8 Å². The number of hydrogen-bond donors (Lipinski definition) is 2. The van der Waals surface area contributed by atoms with Gasteiger partial charge in [0, 0.05) is 13.6 Å². The van der Waals surface area contributed by atoms with Gasteiger partial charge in [-0.3, -0.25) is 4.79 Å². The van der Waals surface area contributed by atoms with Crippen LogP contribution in [-0.2, 0) is 0 Å². The highest BCUT2D eigenvalue weighted by Gasteiger charge is 2.21. The minimum absolute atomic E-state index is 0.0720. The molecule has 0 radical (unpaired) electrons. The van der Waals surface area contributed by atoms with E-state index in [1.807, 2.05) is 13.1 Å². The van der Waals surface area contributed by atoms with E-state index in [2.05, 4.69) is 22.5 Å². The molecule has 1 amide bonds. The summed E-state index contributed by atoms with van der Waals surface area (Å²) in [6, 6.07) is 3.61. The first kappa shape index (κ1) is 12.9. The largest absolute Gasteiger partial charge is 0.387 e. The molecule has 18 heavy (non-hydrogen) atoms. The summed E-state index contributed by atoms with van der Waals surface area (Å²) in [6.07, 6.45) is 5.42. The van der Waals surface area contributed by atoms with Crippen molar-refractivity contribution >= 4 is 11.6 Å². The van der Waals surface area contributed by atoms with Crippen molar-refractivity contribution < 1.29 is 4.79 Å². The molecule has 98 valence electrons. The molecule has 4 heteroatoms. The highest BCUT2D eigenvalue weighted by atomic mass is 16.1. The first-order valence-corrected chi connectivity index (χ1v) is 6.61. The Balaban J connectivity index is 1.83. The lowest BCUT2D eigenvalue weighted by Gasteiger charge is -2.11. The predicted molar refractivity (Wildman–Crippen MR) is 72.6 cm³/mol. The number of amides is 1. The third kappa shape index (κ3) is 3.22. The van der Waals surface area contributed by atoms with Crippen LogP contribution in [0.4, 0.5) is 5.69 Å². The van der Waals surface area contributed by atoms with E-state index >= 15 is 0 Å². The smallest absolute Gasteiger partial charge is 0.269 e. The van der Waals surface area contributed by atoms with E-state index in [4.69, 9.17) is 0 Å². The van der Waals surface area contributed by atoms with Gasteiger partial charge in [-0.15, -0.1) is 0 Å². The minimum atomic E-state index is -0.0720. The Bertz CT molecular complexity index is 402. The molecular formula is C14H21N3O. The fourth-order valence-electron chi connectivity index (χ4n) is 2.51. The van der Waals surface area contributed by atoms with Gasteiger partial charge in [-0.1, -0.05) is 13.3 Å². The third-order valence-electron chi connectivity index (χ3n) is 3.64. The molecule has 1 aliphatic carbocycles. The monoisotopic (exact) mass is 247 g/mol. The van der Waals surface area contributed by atoms with Gasteiger partial charge in [0.2, 0.25) is 0 Å². The summed E-state index contributed by atoms with van der Waals surface area (Å²) < 4.78 is 0. The van der Waals surface area contributed by atoms with Crippen LogP contribution in [0.2, 0.25) is 0 Å². The van der Waals surface area contributed by atoms with Crippen molar-refractivity contribution in [3.05, 3.63) is 24.0 Å². The SMILES string of the molecule is CNc1ccc(C(=O)NCC2CCC(C)C2)nc1. The highest BCUT2D eigenvalue weighted by molar-refractivity contribution is 5.92. The summed E-state index contributed by atoms with van der Waals surface area (Å²) >= 11 is 0. The van der Waals surface area contributed by atoms with Gasteiger partial charge in [0.15, 0.2) is 0 Å². The molecular weight excluding hydrogens is 226 g/mol. The van der Waals surface area contributed by atoms with Crippen molar-refractivity contribution in [1.29, 1.82) is 0 Å². The lowest BCUT2D eigenvalue weighted by molar-refractivity contribution is 0.0942. The number of pyridine rings is 1. The molecule has 2 N–H and O–H groups in total. The standard InChI is InChI=1S/C14H21N3O/c1-10-3-4-11(7-10)8-17-14(18)13-6-5-12(15-2)9-16-13/h5-6,9-11,15H,3-4,7-8H2,1-2H3,(H,17,18). The number of carbonyl (C=O) groups is 1. The Kier molecular flexibility index (Phi) is 4.18. The van der Waals surface area contributed by atoms with Gasteiger partial charge in [-0.25, -0.2) is 4.98 Å². The van der Waals surface area contributed by atoms with E-state index in [1.54, 1.807) is 12.3 Å². The van der Waals surface area contributed by atoms with Crippen LogP contribution in [0.5, 0.6) is 0 Å². The molecule has 0 saturated heterocycles. The second-order valence-corrected chi connectivity index (χ2v) is 5.18. The number of anilines is 1. The van der Waals surface area contributed by atoms with E-state index in [-0.39, 0.29) is 5.91 Å². The number of aromatic nitrogens is 1. The summed E-state index contributed by atoms with van der Waals surface area (Å²) in [5, 5.41) is 5.96. The van der Waals surface area contributed by atoms with Gasteiger partial charge in [-0.2, -0.15) is 0 Å². The van der Waals surface area contributed by atoms with E-state index in [0.717, 1.165) is 18.2 Å². The lowest BCUT2D eigenvalue weighted by Crippen LogP contribution is -2.29. The second kappa shape index (κ2) is 5.85. The second-order valence-electron chi connectivity index (χ2n) is 5.18. The number of nitrogens with one attached hydrogen (secondary N) is 2. The zero-order valence-electron chi connectivity index (χ0n) is 11.1. The lowest BCUT2D eigenvalue weighted by atomic mass is 10.1. The Labute approximate surface area is 108 Å². The first-order valence-electron chi connectivity index (χ1n) is 6.61. The number of rotatable bonds is 4. The predicted octanol–water partition coefficient (Wildman–Crippen LogP) is 2.29. The molecule has 0 spiro atoms. The zero-order chi connectivity index (χ0) is 13.0. The van der Waals surface area contributed by atoms with Gasteiger partial charge in [0.05, 0.1) is 11.9 Å². The third-order valence-corrected chi connectivity index (χ3v) is 3.64. The first-order chi connectivity index (χ1) is 8.69. The van der Waals surface area contributed by atoms with Crippen LogP contribution < -0.4 is 10.6 Å². The summed E-state index contributed by atoms with van der Waals surface area (Å²) in [6.45, 7) is 3.05. The van der Waals surface area contributed by atoms with Crippen molar-refractivity contribution in [2.45, 2.75) is 26.2 Å². The minimum Gasteiger partial charge on any atom is -0.387 e. The van der Waals surface area contributed by atoms with Crippen LogP contribution >= 0.6 is 0 Å². The number of carbonyl (C=O) groups excluding carboxylic acids is 1. The van der Waals surface area contributed by atoms with Crippen molar-refractivity contribution in [2.24, 2.45) is 11.8 Å². The maximum Gasteiger partial charge on any atom is 0.269 e. The number of nitrogens with zero attached hydrogens (tertiary/aromatic N) is 1. The average molecular weight is 247 g/mol. The fourth-order valence-corrected chi connectivity index (χ4v) is 2.51. The van der Waals surface area contributed by atoms with E-state index in [9.17, 15) is 4.79 Å². The van der Waals surface area contributed by atoms with E-state index in [0.29, 0.717) is 11.6 Å². The molecule has 2 rings (SSSR count). The van der Waals surface area contributed by atoms with Crippen LogP contribution in [0.15, 0.2) is 18.3 Å². The molecule has 0 aliphatic heterocycles. The Morgan fingerprint density at radius 2 is 2.28 bits per heavy atom. The molecule has 4 nitrogen and oxygen atoms in total. The molecule has 1 aromatic rings. The van der Waals surface area contributed by atoms with Gasteiger partial charge >= 0.3 is 0 Å². The maximum atomic E-state index is 11.9. The summed E-state index contributed by atoms with van der Waals surface area (Å²) in [4.78, 5) is 16.0. The van der Waals surface area contributed by atoms with Crippen LogP contribution in [0.3, 0.4) is 0 Å². The Hall–Kier alpha value is -1.58. The van der Waals surface area contributed by atoms with E-state index in [1.165, 1.54) is 19.3 Å².